The number of benzene rings is 1. The molecule has 1 rings (SSSR count). The van der Waals surface area contributed by atoms with E-state index in [1.165, 1.54) is 6.07 Å². The molecule has 0 saturated carbocycles. The van der Waals surface area contributed by atoms with Crippen LogP contribution in [0.3, 0.4) is 0 Å². The lowest BCUT2D eigenvalue weighted by Gasteiger charge is -2.05. The number of carbonyl (C=O) groups excluding carboxylic acids is 1. The fourth-order valence-electron chi connectivity index (χ4n) is 1.21. The number of aryl methyl sites for hydroxylation is 1. The quantitative estimate of drug-likeness (QED) is 0.452. The van der Waals surface area contributed by atoms with Crippen LogP contribution in [-0.4, -0.2) is 28.5 Å². The number of nitrogens with zero attached hydrogens (tertiary/aromatic N) is 1. The maximum Gasteiger partial charge on any atom is 0.236 e. The van der Waals surface area contributed by atoms with E-state index in [1.807, 2.05) is 0 Å². The molecule has 5 nitrogen and oxygen atoms in total. The van der Waals surface area contributed by atoms with Crippen LogP contribution in [-0.2, 0) is 0 Å². The summed E-state index contributed by atoms with van der Waals surface area (Å²) < 4.78 is 0. The Balaban J connectivity index is 2.80. The van der Waals surface area contributed by atoms with Crippen molar-refractivity contribution in [3.63, 3.8) is 0 Å². The van der Waals surface area contributed by atoms with Gasteiger partial charge in [0.15, 0.2) is 11.9 Å². The number of aliphatic hydroxyl groups is 1. The van der Waals surface area contributed by atoms with Crippen molar-refractivity contribution in [2.24, 2.45) is 0 Å². The van der Waals surface area contributed by atoms with Crippen LogP contribution < -0.4 is 0 Å². The number of rotatable bonds is 4. The summed E-state index contributed by atoms with van der Waals surface area (Å²) in [5, 5.41) is 19.3. The van der Waals surface area contributed by atoms with Crippen LogP contribution in [0.25, 0.3) is 0 Å². The molecular weight excluding hydrogens is 198 g/mol. The molecule has 0 aliphatic heterocycles. The molecule has 0 aliphatic rings. The Labute approximate surface area is 86.5 Å². The summed E-state index contributed by atoms with van der Waals surface area (Å²) in [6, 6.07) is 6.59. The van der Waals surface area contributed by atoms with Gasteiger partial charge >= 0.3 is 0 Å². The molecule has 0 amide bonds. The van der Waals surface area contributed by atoms with E-state index in [-0.39, 0.29) is 0 Å². The van der Waals surface area contributed by atoms with E-state index in [1.54, 1.807) is 25.1 Å². The summed E-state index contributed by atoms with van der Waals surface area (Å²) in [7, 11) is 0. The highest BCUT2D eigenvalue weighted by Gasteiger charge is 2.22. The molecule has 1 atom stereocenters. The van der Waals surface area contributed by atoms with Gasteiger partial charge in [-0.15, -0.1) is 0 Å². The van der Waals surface area contributed by atoms with Gasteiger partial charge in [0.25, 0.3) is 0 Å². The number of ketones is 1. The Kier molecular flexibility index (Phi) is 3.51. The lowest BCUT2D eigenvalue weighted by atomic mass is 10.0. The minimum atomic E-state index is -1.57. The zero-order valence-corrected chi connectivity index (χ0v) is 8.21. The molecule has 1 aromatic rings. The van der Waals surface area contributed by atoms with Crippen LogP contribution >= 0.6 is 0 Å². The van der Waals surface area contributed by atoms with E-state index in [4.69, 9.17) is 0 Å². The van der Waals surface area contributed by atoms with Crippen molar-refractivity contribution in [3.8, 4) is 0 Å². The number of hydrogen-bond acceptors (Lipinski definition) is 4. The van der Waals surface area contributed by atoms with Crippen molar-refractivity contribution in [3.05, 3.63) is 45.5 Å². The Morgan fingerprint density at radius 1 is 1.60 bits per heavy atom. The van der Waals surface area contributed by atoms with Crippen LogP contribution in [0.5, 0.6) is 0 Å². The van der Waals surface area contributed by atoms with Crippen LogP contribution in [0.4, 0.5) is 0 Å². The van der Waals surface area contributed by atoms with Gasteiger partial charge in [-0.05, 0) is 13.0 Å². The lowest BCUT2D eigenvalue weighted by molar-refractivity contribution is -0.487. The van der Waals surface area contributed by atoms with Crippen molar-refractivity contribution < 1.29 is 14.8 Å². The van der Waals surface area contributed by atoms with Crippen LogP contribution in [0, 0.1) is 17.0 Å². The highest BCUT2D eigenvalue weighted by Crippen LogP contribution is 2.07. The third-order valence-electron chi connectivity index (χ3n) is 1.93. The smallest absolute Gasteiger partial charge is 0.236 e. The molecule has 1 aromatic carbocycles. The summed E-state index contributed by atoms with van der Waals surface area (Å²) in [5.41, 5.74) is 1.17. The fourth-order valence-corrected chi connectivity index (χ4v) is 1.21. The Morgan fingerprint density at radius 2 is 2.27 bits per heavy atom. The van der Waals surface area contributed by atoms with Gasteiger partial charge in [0.05, 0.1) is 0 Å². The van der Waals surface area contributed by atoms with Crippen molar-refractivity contribution in [2.75, 3.05) is 6.54 Å². The molecule has 1 unspecified atom stereocenters. The lowest BCUT2D eigenvalue weighted by Crippen LogP contribution is -2.28. The molecule has 0 fully saturated rings. The number of Topliss-reactive ketones (excluding diaryl/α,β-unsaturated/α-hetero) is 1. The first-order valence-corrected chi connectivity index (χ1v) is 4.41. The average Bonchev–Trinajstić information content (AvgIpc) is 2.15. The first-order chi connectivity index (χ1) is 7.00. The monoisotopic (exact) mass is 209 g/mol. The zero-order chi connectivity index (χ0) is 11.4. The Bertz CT molecular complexity index is 389. The molecule has 80 valence electrons. The maximum absolute atomic E-state index is 11.5. The molecule has 1 N–H and O–H groups in total. The van der Waals surface area contributed by atoms with Gasteiger partial charge in [-0.1, -0.05) is 23.8 Å². The third-order valence-corrected chi connectivity index (χ3v) is 1.93. The zero-order valence-electron chi connectivity index (χ0n) is 8.21. The van der Waals surface area contributed by atoms with E-state index in [0.717, 1.165) is 5.56 Å². The fraction of sp³-hybridized carbons (Fsp3) is 0.300. The topological polar surface area (TPSA) is 80.4 Å². The molecule has 5 heteroatoms. The van der Waals surface area contributed by atoms with E-state index in [9.17, 15) is 20.0 Å². The van der Waals surface area contributed by atoms with E-state index in [0.29, 0.717) is 5.56 Å². The molecule has 15 heavy (non-hydrogen) atoms. The standard InChI is InChI=1S/C10H11NO4/c1-7-3-2-4-8(5-7)10(13)9(12)6-11(14)15/h2-5,9,12H,6H2,1H3. The third kappa shape index (κ3) is 3.14. The SMILES string of the molecule is Cc1cccc(C(=O)C(O)C[N+](=O)[O-])c1. The molecule has 0 aromatic heterocycles. The molecular formula is C10H11NO4. The van der Waals surface area contributed by atoms with E-state index in [2.05, 4.69) is 0 Å². The number of carbonyl (C=O) groups is 1. The highest BCUT2D eigenvalue weighted by atomic mass is 16.6. The van der Waals surface area contributed by atoms with E-state index >= 15 is 0 Å². The molecule has 0 saturated heterocycles. The minimum Gasteiger partial charge on any atom is -0.379 e. The number of nitro groups is 1. The maximum atomic E-state index is 11.5. The van der Waals surface area contributed by atoms with Gasteiger partial charge in [-0.2, -0.15) is 0 Å². The van der Waals surface area contributed by atoms with Crippen LogP contribution in [0.15, 0.2) is 24.3 Å². The summed E-state index contributed by atoms with van der Waals surface area (Å²) in [4.78, 5) is 20.9. The second-order valence-electron chi connectivity index (χ2n) is 3.26. The predicted octanol–water partition coefficient (Wildman–Crippen LogP) is 0.815. The molecule has 0 heterocycles. The Hall–Kier alpha value is -1.75. The first-order valence-electron chi connectivity index (χ1n) is 4.41. The summed E-state index contributed by atoms with van der Waals surface area (Å²) in [6.07, 6.45) is -1.57. The highest BCUT2D eigenvalue weighted by molar-refractivity contribution is 5.99. The molecule has 0 radical (unpaired) electrons. The van der Waals surface area contributed by atoms with Gasteiger partial charge in [0.2, 0.25) is 6.54 Å². The largest absolute Gasteiger partial charge is 0.379 e. The number of hydrogen-bond donors (Lipinski definition) is 1. The normalized spacial score (nSPS) is 12.1. The summed E-state index contributed by atoms with van der Waals surface area (Å²) in [6.45, 7) is 1.05. The van der Waals surface area contributed by atoms with Gasteiger partial charge in [-0.25, -0.2) is 0 Å². The van der Waals surface area contributed by atoms with Gasteiger partial charge < -0.3 is 5.11 Å². The average molecular weight is 209 g/mol. The molecule has 0 spiro atoms. The van der Waals surface area contributed by atoms with Crippen LogP contribution in [0.2, 0.25) is 0 Å². The minimum absolute atomic E-state index is 0.296. The van der Waals surface area contributed by atoms with Crippen molar-refractivity contribution in [1.82, 2.24) is 0 Å². The molecule has 0 bridgehead atoms. The van der Waals surface area contributed by atoms with Gasteiger partial charge in [-0.3, -0.25) is 14.9 Å². The van der Waals surface area contributed by atoms with Gasteiger partial charge in [0.1, 0.15) is 0 Å². The summed E-state index contributed by atoms with van der Waals surface area (Å²) >= 11 is 0. The second kappa shape index (κ2) is 4.65. The first kappa shape index (κ1) is 11.3. The van der Waals surface area contributed by atoms with Gasteiger partial charge in [0, 0.05) is 10.5 Å². The molecule has 0 aliphatic carbocycles. The second-order valence-corrected chi connectivity index (χ2v) is 3.26. The van der Waals surface area contributed by atoms with E-state index < -0.39 is 23.4 Å². The van der Waals surface area contributed by atoms with Crippen molar-refractivity contribution in [2.45, 2.75) is 13.0 Å². The number of aliphatic hydroxyl groups excluding tert-OH is 1. The van der Waals surface area contributed by atoms with Crippen LogP contribution in [0.1, 0.15) is 15.9 Å². The summed E-state index contributed by atoms with van der Waals surface area (Å²) in [5.74, 6) is -0.615. The van der Waals surface area contributed by atoms with Crippen molar-refractivity contribution >= 4 is 5.78 Å². The predicted molar refractivity (Wildman–Crippen MR) is 53.4 cm³/mol. The Morgan fingerprint density at radius 3 is 2.80 bits per heavy atom. The van der Waals surface area contributed by atoms with Crippen molar-refractivity contribution in [1.29, 1.82) is 0 Å².